The van der Waals surface area contributed by atoms with E-state index in [-0.39, 0.29) is 11.4 Å². The van der Waals surface area contributed by atoms with Gasteiger partial charge in [0, 0.05) is 5.39 Å². The molecule has 5 heteroatoms. The lowest BCUT2D eigenvalue weighted by Gasteiger charge is -2.04. The molecule has 0 atom stereocenters. The van der Waals surface area contributed by atoms with E-state index in [2.05, 4.69) is 15.9 Å². The molecule has 2 aromatic carbocycles. The summed E-state index contributed by atoms with van der Waals surface area (Å²) in [5, 5.41) is 1.87. The third-order valence-electron chi connectivity index (χ3n) is 3.60. The van der Waals surface area contributed by atoms with Gasteiger partial charge in [-0.05, 0) is 40.2 Å². The molecular formula is C16H9BrFN2O+. The molecule has 0 fully saturated rings. The molecule has 0 N–H and O–H groups in total. The molecule has 4 rings (SSSR count). The Labute approximate surface area is 127 Å². The summed E-state index contributed by atoms with van der Waals surface area (Å²) in [6, 6.07) is 12.3. The molecule has 0 spiro atoms. The van der Waals surface area contributed by atoms with Gasteiger partial charge in [0.2, 0.25) is 0 Å². The number of hydrogen-bond donors (Lipinski definition) is 0. The highest BCUT2D eigenvalue weighted by molar-refractivity contribution is 9.10. The molecule has 4 aromatic rings. The highest BCUT2D eigenvalue weighted by Gasteiger charge is 2.22. The summed E-state index contributed by atoms with van der Waals surface area (Å²) in [5.74, 6) is -0.447. The fourth-order valence-corrected chi connectivity index (χ4v) is 3.21. The maximum Gasteiger partial charge on any atom is 0.508 e. The van der Waals surface area contributed by atoms with Gasteiger partial charge in [0.15, 0.2) is 17.0 Å². The van der Waals surface area contributed by atoms with Crippen LogP contribution in [0.1, 0.15) is 0 Å². The van der Waals surface area contributed by atoms with Gasteiger partial charge in [-0.15, -0.1) is 0 Å². The molecule has 2 aromatic heterocycles. The minimum Gasteiger partial charge on any atom is -0.202 e. The quantitative estimate of drug-likeness (QED) is 0.487. The monoisotopic (exact) mass is 343 g/mol. The maximum absolute atomic E-state index is 14.1. The molecular weight excluding hydrogens is 335 g/mol. The predicted octanol–water partition coefficient (Wildman–Crippen LogP) is 3.07. The summed E-state index contributed by atoms with van der Waals surface area (Å²) in [6.45, 7) is 0. The summed E-state index contributed by atoms with van der Waals surface area (Å²) >= 11 is 3.31. The van der Waals surface area contributed by atoms with E-state index in [1.807, 2.05) is 24.3 Å². The molecule has 0 saturated heterocycles. The Morgan fingerprint density at radius 3 is 2.62 bits per heavy atom. The van der Waals surface area contributed by atoms with Crippen molar-refractivity contribution in [3.8, 4) is 5.69 Å². The highest BCUT2D eigenvalue weighted by Crippen LogP contribution is 2.22. The molecule has 2 heterocycles. The minimum atomic E-state index is -0.447. The normalized spacial score (nSPS) is 11.5. The second-order valence-electron chi connectivity index (χ2n) is 4.82. The highest BCUT2D eigenvalue weighted by atomic mass is 79.9. The van der Waals surface area contributed by atoms with Crippen molar-refractivity contribution < 1.29 is 8.96 Å². The SMILES string of the molecule is O=c1n2ccc3cccc(c[n+]1-c1c(F)cccc1Br)c32. The summed E-state index contributed by atoms with van der Waals surface area (Å²) in [7, 11) is 0. The van der Waals surface area contributed by atoms with Crippen LogP contribution >= 0.6 is 15.9 Å². The van der Waals surface area contributed by atoms with Gasteiger partial charge in [-0.2, -0.15) is 13.8 Å². The van der Waals surface area contributed by atoms with Crippen LogP contribution in [-0.2, 0) is 0 Å². The van der Waals surface area contributed by atoms with Gasteiger partial charge in [-0.25, -0.2) is 4.39 Å². The first kappa shape index (κ1) is 12.5. The van der Waals surface area contributed by atoms with E-state index in [1.165, 1.54) is 10.6 Å². The van der Waals surface area contributed by atoms with Crippen LogP contribution in [0.3, 0.4) is 0 Å². The largest absolute Gasteiger partial charge is 0.508 e. The first-order valence-electron chi connectivity index (χ1n) is 6.39. The van der Waals surface area contributed by atoms with E-state index in [1.54, 1.807) is 28.9 Å². The molecule has 0 aliphatic carbocycles. The van der Waals surface area contributed by atoms with Crippen molar-refractivity contribution in [1.82, 2.24) is 4.40 Å². The van der Waals surface area contributed by atoms with Gasteiger partial charge in [0.25, 0.3) is 0 Å². The Kier molecular flexibility index (Phi) is 2.59. The number of aromatic nitrogens is 2. The zero-order valence-corrected chi connectivity index (χ0v) is 12.3. The predicted molar refractivity (Wildman–Crippen MR) is 81.5 cm³/mol. The van der Waals surface area contributed by atoms with Gasteiger partial charge >= 0.3 is 5.69 Å². The van der Waals surface area contributed by atoms with Crippen LogP contribution in [-0.4, -0.2) is 4.40 Å². The fraction of sp³-hybridized carbons (Fsp3) is 0. The van der Waals surface area contributed by atoms with Crippen LogP contribution in [0.2, 0.25) is 0 Å². The lowest BCUT2D eigenvalue weighted by atomic mass is 10.2. The van der Waals surface area contributed by atoms with Crippen LogP contribution in [0.25, 0.3) is 22.0 Å². The number of halogens is 2. The van der Waals surface area contributed by atoms with Crippen LogP contribution in [0, 0.1) is 5.82 Å². The van der Waals surface area contributed by atoms with Crippen LogP contribution in [0.5, 0.6) is 0 Å². The second-order valence-corrected chi connectivity index (χ2v) is 5.68. The standard InChI is InChI=1S/C16H9BrFN2O/c17-12-5-2-6-13(18)15(12)20-9-11-4-1-3-10-7-8-19(14(10)11)16(20)21/h1-9H/q+1. The van der Waals surface area contributed by atoms with E-state index in [4.69, 9.17) is 0 Å². The van der Waals surface area contributed by atoms with Crippen molar-refractivity contribution in [3.63, 3.8) is 0 Å². The average Bonchev–Trinajstić information content (AvgIpc) is 2.89. The van der Waals surface area contributed by atoms with Gasteiger partial charge in [-0.1, -0.05) is 18.2 Å². The molecule has 3 nitrogen and oxygen atoms in total. The Balaban J connectivity index is 2.20. The van der Waals surface area contributed by atoms with Crippen molar-refractivity contribution in [1.29, 1.82) is 0 Å². The number of benzene rings is 2. The Morgan fingerprint density at radius 1 is 1.05 bits per heavy atom. The Hall–Kier alpha value is -2.27. The van der Waals surface area contributed by atoms with Gasteiger partial charge in [0.1, 0.15) is 12.4 Å². The smallest absolute Gasteiger partial charge is 0.202 e. The fourth-order valence-electron chi connectivity index (χ4n) is 2.68. The third-order valence-corrected chi connectivity index (χ3v) is 4.24. The molecule has 21 heavy (non-hydrogen) atoms. The second kappa shape index (κ2) is 4.36. The lowest BCUT2D eigenvalue weighted by molar-refractivity contribution is -0.616. The minimum absolute atomic E-state index is 0.221. The van der Waals surface area contributed by atoms with Crippen molar-refractivity contribution in [3.05, 3.63) is 75.6 Å². The first-order valence-corrected chi connectivity index (χ1v) is 7.18. The van der Waals surface area contributed by atoms with E-state index >= 15 is 0 Å². The van der Waals surface area contributed by atoms with Gasteiger partial charge < -0.3 is 0 Å². The van der Waals surface area contributed by atoms with Crippen molar-refractivity contribution in [2.75, 3.05) is 0 Å². The molecule has 0 amide bonds. The Morgan fingerprint density at radius 2 is 1.81 bits per heavy atom. The number of para-hydroxylation sites is 2. The number of nitrogens with zero attached hydrogens (tertiary/aromatic N) is 2. The molecule has 0 unspecified atom stereocenters. The van der Waals surface area contributed by atoms with E-state index in [0.29, 0.717) is 4.47 Å². The zero-order valence-electron chi connectivity index (χ0n) is 10.8. The molecule has 102 valence electrons. The summed E-state index contributed by atoms with van der Waals surface area (Å²) in [4.78, 5) is 12.6. The average molecular weight is 344 g/mol. The van der Waals surface area contributed by atoms with Gasteiger partial charge in [-0.3, -0.25) is 0 Å². The molecule has 0 bridgehead atoms. The van der Waals surface area contributed by atoms with Crippen molar-refractivity contribution >= 4 is 32.2 Å². The zero-order chi connectivity index (χ0) is 14.6. The molecule has 0 aliphatic heterocycles. The third kappa shape index (κ3) is 1.70. The van der Waals surface area contributed by atoms with Crippen LogP contribution in [0.4, 0.5) is 4.39 Å². The summed E-state index contributed by atoms with van der Waals surface area (Å²) < 4.78 is 17.6. The van der Waals surface area contributed by atoms with E-state index < -0.39 is 5.82 Å². The molecule has 0 saturated carbocycles. The van der Waals surface area contributed by atoms with Crippen LogP contribution < -0.4 is 10.3 Å². The van der Waals surface area contributed by atoms with Crippen molar-refractivity contribution in [2.24, 2.45) is 0 Å². The molecule has 0 radical (unpaired) electrons. The van der Waals surface area contributed by atoms with Crippen LogP contribution in [0.15, 0.2) is 64.1 Å². The topological polar surface area (TPSA) is 25.4 Å². The van der Waals surface area contributed by atoms with Crippen molar-refractivity contribution in [2.45, 2.75) is 0 Å². The molecule has 0 aliphatic rings. The summed E-state index contributed by atoms with van der Waals surface area (Å²) in [5.41, 5.74) is 0.777. The maximum atomic E-state index is 14.1. The number of rotatable bonds is 1. The van der Waals surface area contributed by atoms with E-state index in [0.717, 1.165) is 16.3 Å². The summed E-state index contributed by atoms with van der Waals surface area (Å²) in [6.07, 6.45) is 3.39. The number of hydrogen-bond acceptors (Lipinski definition) is 1. The van der Waals surface area contributed by atoms with E-state index in [9.17, 15) is 9.18 Å². The first-order chi connectivity index (χ1) is 10.2. The Bertz CT molecular complexity index is 1020. The lowest BCUT2D eigenvalue weighted by Crippen LogP contribution is -2.51. The van der Waals surface area contributed by atoms with Gasteiger partial charge in [0.05, 0.1) is 9.86 Å².